The van der Waals surface area contributed by atoms with Gasteiger partial charge in [-0.25, -0.2) is 4.98 Å². The van der Waals surface area contributed by atoms with Gasteiger partial charge in [-0.2, -0.15) is 0 Å². The highest BCUT2D eigenvalue weighted by Crippen LogP contribution is 2.41. The summed E-state index contributed by atoms with van der Waals surface area (Å²) in [6.45, 7) is 2.22. The van der Waals surface area contributed by atoms with E-state index in [2.05, 4.69) is 16.4 Å². The zero-order valence-corrected chi connectivity index (χ0v) is 14.9. The predicted octanol–water partition coefficient (Wildman–Crippen LogP) is 4.26. The maximum Gasteiger partial charge on any atom is 0.261 e. The minimum atomic E-state index is -0.553. The number of hydrogen-bond acceptors (Lipinski definition) is 4. The van der Waals surface area contributed by atoms with Crippen molar-refractivity contribution in [1.29, 1.82) is 0 Å². The summed E-state index contributed by atoms with van der Waals surface area (Å²) in [4.78, 5) is 16.9. The van der Waals surface area contributed by atoms with Gasteiger partial charge in [-0.15, -0.1) is 11.3 Å². The molecule has 0 radical (unpaired) electrons. The minimum absolute atomic E-state index is 0.130. The lowest BCUT2D eigenvalue weighted by molar-refractivity contribution is -0.127. The fraction of sp³-hybridized carbons (Fsp3) is 0.300. The predicted molar refractivity (Wildman–Crippen MR) is 100.0 cm³/mol. The van der Waals surface area contributed by atoms with Gasteiger partial charge >= 0.3 is 0 Å². The van der Waals surface area contributed by atoms with Crippen LogP contribution in [0, 0.1) is 0 Å². The van der Waals surface area contributed by atoms with Crippen LogP contribution in [-0.4, -0.2) is 17.0 Å². The van der Waals surface area contributed by atoms with E-state index in [1.807, 2.05) is 41.8 Å². The van der Waals surface area contributed by atoms with Gasteiger partial charge in [-0.3, -0.25) is 4.79 Å². The highest BCUT2D eigenvalue weighted by atomic mass is 32.1. The fourth-order valence-corrected chi connectivity index (χ4v) is 3.73. The third kappa shape index (κ3) is 3.82. The Morgan fingerprint density at radius 2 is 2.08 bits per heavy atom. The summed E-state index contributed by atoms with van der Waals surface area (Å²) in [5, 5.41) is 8.39. The fourth-order valence-electron chi connectivity index (χ4n) is 2.74. The van der Waals surface area contributed by atoms with E-state index in [1.54, 1.807) is 18.3 Å². The van der Waals surface area contributed by atoms with E-state index in [0.717, 1.165) is 16.5 Å². The molecule has 0 aliphatic heterocycles. The molecule has 1 N–H and O–H groups in total. The van der Waals surface area contributed by atoms with Gasteiger partial charge in [0.25, 0.3) is 5.91 Å². The first kappa shape index (κ1) is 16.1. The summed E-state index contributed by atoms with van der Waals surface area (Å²) >= 11 is 1.69. The molecule has 1 atom stereocenters. The number of ether oxygens (including phenoxy) is 1. The van der Waals surface area contributed by atoms with Crippen molar-refractivity contribution in [1.82, 2.24) is 10.3 Å². The number of nitrogens with zero attached hydrogens (tertiary/aromatic N) is 1. The van der Waals surface area contributed by atoms with Crippen LogP contribution >= 0.6 is 11.3 Å². The molecule has 0 bridgehead atoms. The van der Waals surface area contributed by atoms with Crippen LogP contribution in [0.25, 0.3) is 10.8 Å². The molecule has 3 aromatic rings. The van der Waals surface area contributed by atoms with Gasteiger partial charge in [0.05, 0.1) is 17.2 Å². The topological polar surface area (TPSA) is 51.2 Å². The van der Waals surface area contributed by atoms with E-state index in [4.69, 9.17) is 4.74 Å². The van der Waals surface area contributed by atoms with Crippen molar-refractivity contribution in [3.63, 3.8) is 0 Å². The lowest BCUT2D eigenvalue weighted by atomic mass is 10.1. The highest BCUT2D eigenvalue weighted by molar-refractivity contribution is 7.09. The van der Waals surface area contributed by atoms with Crippen molar-refractivity contribution in [2.75, 3.05) is 0 Å². The van der Waals surface area contributed by atoms with Crippen LogP contribution < -0.4 is 10.1 Å². The first-order valence-corrected chi connectivity index (χ1v) is 9.44. The molecule has 1 aliphatic carbocycles. The highest BCUT2D eigenvalue weighted by Gasteiger charge is 2.26. The largest absolute Gasteiger partial charge is 0.481 e. The Balaban J connectivity index is 1.34. The van der Waals surface area contributed by atoms with E-state index in [-0.39, 0.29) is 5.91 Å². The molecule has 2 aromatic carbocycles. The van der Waals surface area contributed by atoms with Crippen molar-refractivity contribution < 1.29 is 9.53 Å². The third-order valence-corrected chi connectivity index (χ3v) is 5.40. The van der Waals surface area contributed by atoms with Crippen LogP contribution in [0.2, 0.25) is 0 Å². The number of carbonyl (C=O) groups is 1. The maximum atomic E-state index is 12.3. The smallest absolute Gasteiger partial charge is 0.261 e. The van der Waals surface area contributed by atoms with E-state index in [9.17, 15) is 4.79 Å². The van der Waals surface area contributed by atoms with Crippen molar-refractivity contribution in [3.05, 3.63) is 58.5 Å². The summed E-state index contributed by atoms with van der Waals surface area (Å²) in [7, 11) is 0. The Kier molecular flexibility index (Phi) is 4.40. The van der Waals surface area contributed by atoms with Gasteiger partial charge in [0.15, 0.2) is 6.10 Å². The van der Waals surface area contributed by atoms with Crippen LogP contribution in [0.5, 0.6) is 5.75 Å². The molecule has 0 spiro atoms. The number of hydrogen-bond donors (Lipinski definition) is 1. The molecule has 1 unspecified atom stereocenters. The molecule has 0 saturated heterocycles. The number of thiazole rings is 1. The molecule has 5 heteroatoms. The van der Waals surface area contributed by atoms with Crippen LogP contribution in [0.3, 0.4) is 0 Å². The normalized spacial score (nSPS) is 15.1. The van der Waals surface area contributed by atoms with E-state index >= 15 is 0 Å². The molecular weight excluding hydrogens is 332 g/mol. The first-order valence-electron chi connectivity index (χ1n) is 8.56. The van der Waals surface area contributed by atoms with Gasteiger partial charge in [-0.05, 0) is 42.7 Å². The second kappa shape index (κ2) is 6.84. The van der Waals surface area contributed by atoms with E-state index < -0.39 is 6.10 Å². The average molecular weight is 352 g/mol. The van der Waals surface area contributed by atoms with Crippen molar-refractivity contribution in [2.24, 2.45) is 0 Å². The monoisotopic (exact) mass is 352 g/mol. The van der Waals surface area contributed by atoms with Gasteiger partial charge in [-0.1, -0.05) is 30.3 Å². The number of nitrogens with one attached hydrogen (secondary N) is 1. The Morgan fingerprint density at radius 3 is 2.88 bits per heavy atom. The molecule has 1 aromatic heterocycles. The van der Waals surface area contributed by atoms with Crippen LogP contribution in [-0.2, 0) is 11.3 Å². The van der Waals surface area contributed by atoms with Gasteiger partial charge in [0, 0.05) is 11.3 Å². The molecule has 1 fully saturated rings. The molecule has 4 rings (SSSR count). The zero-order valence-electron chi connectivity index (χ0n) is 14.1. The summed E-state index contributed by atoms with van der Waals surface area (Å²) < 4.78 is 5.80. The standard InChI is InChI=1S/C20H20N2O2S/c1-13(24-18-9-8-14-4-2-3-5-16(14)10-18)19(23)21-11-17-12-25-20(22-17)15-6-7-15/h2-5,8-10,12-13,15H,6-7,11H2,1H3,(H,21,23). The lowest BCUT2D eigenvalue weighted by Crippen LogP contribution is -2.35. The van der Waals surface area contributed by atoms with Crippen LogP contribution in [0.15, 0.2) is 47.8 Å². The van der Waals surface area contributed by atoms with Crippen molar-refractivity contribution in [2.45, 2.75) is 38.3 Å². The molecular formula is C20H20N2O2S. The SMILES string of the molecule is CC(Oc1ccc2ccccc2c1)C(=O)NCc1csc(C2CC2)n1. The van der Waals surface area contributed by atoms with Gasteiger partial charge in [0.2, 0.25) is 0 Å². The Hall–Kier alpha value is -2.40. The Bertz CT molecular complexity index is 901. The number of aromatic nitrogens is 1. The van der Waals surface area contributed by atoms with Crippen LogP contribution in [0.4, 0.5) is 0 Å². The molecule has 1 aliphatic rings. The quantitative estimate of drug-likeness (QED) is 0.721. The van der Waals surface area contributed by atoms with E-state index in [0.29, 0.717) is 18.2 Å². The van der Waals surface area contributed by atoms with Gasteiger partial charge < -0.3 is 10.1 Å². The molecule has 1 amide bonds. The number of carbonyl (C=O) groups excluding carboxylic acids is 1. The lowest BCUT2D eigenvalue weighted by Gasteiger charge is -2.14. The second-order valence-corrected chi connectivity index (χ2v) is 7.33. The first-order chi connectivity index (χ1) is 12.2. The Labute approximate surface area is 150 Å². The average Bonchev–Trinajstić information content (AvgIpc) is 3.38. The summed E-state index contributed by atoms with van der Waals surface area (Å²) in [6, 6.07) is 13.9. The number of rotatable bonds is 6. The molecule has 4 nitrogen and oxygen atoms in total. The second-order valence-electron chi connectivity index (χ2n) is 6.44. The summed E-state index contributed by atoms with van der Waals surface area (Å²) in [5.74, 6) is 1.23. The molecule has 1 saturated carbocycles. The van der Waals surface area contributed by atoms with Crippen molar-refractivity contribution in [3.8, 4) is 5.75 Å². The number of amides is 1. The van der Waals surface area contributed by atoms with Gasteiger partial charge in [0.1, 0.15) is 5.75 Å². The zero-order chi connectivity index (χ0) is 17.2. The summed E-state index contributed by atoms with van der Waals surface area (Å²) in [6.07, 6.45) is 1.94. The third-order valence-electron chi connectivity index (χ3n) is 4.34. The van der Waals surface area contributed by atoms with Crippen LogP contribution in [0.1, 0.15) is 36.4 Å². The minimum Gasteiger partial charge on any atom is -0.481 e. The number of benzene rings is 2. The molecule has 25 heavy (non-hydrogen) atoms. The van der Waals surface area contributed by atoms with Crippen molar-refractivity contribution >= 4 is 28.0 Å². The van der Waals surface area contributed by atoms with E-state index in [1.165, 1.54) is 17.8 Å². The molecule has 128 valence electrons. The Morgan fingerprint density at radius 1 is 1.28 bits per heavy atom. The molecule has 1 heterocycles. The maximum absolute atomic E-state index is 12.3. The summed E-state index contributed by atoms with van der Waals surface area (Å²) in [5.41, 5.74) is 0.929. The number of fused-ring (bicyclic) bond motifs is 1.